The summed E-state index contributed by atoms with van der Waals surface area (Å²) in [6.07, 6.45) is 12.8. The van der Waals surface area contributed by atoms with Gasteiger partial charge in [0.25, 0.3) is 0 Å². The quantitative estimate of drug-likeness (QED) is 0.542. The van der Waals surface area contributed by atoms with Crippen LogP contribution in [0.25, 0.3) is 6.08 Å². The van der Waals surface area contributed by atoms with Gasteiger partial charge in [-0.15, -0.1) is 0 Å². The van der Waals surface area contributed by atoms with Crippen molar-refractivity contribution < 1.29 is 9.59 Å². The molecule has 0 heterocycles. The summed E-state index contributed by atoms with van der Waals surface area (Å²) < 4.78 is 0. The van der Waals surface area contributed by atoms with Crippen LogP contribution < -0.4 is 0 Å². The molecular formula is C29H36O2. The summed E-state index contributed by atoms with van der Waals surface area (Å²) >= 11 is 0. The zero-order valence-corrected chi connectivity index (χ0v) is 19.3. The van der Waals surface area contributed by atoms with Crippen molar-refractivity contribution in [2.45, 2.75) is 72.1 Å². The Morgan fingerprint density at radius 1 is 0.935 bits per heavy atom. The van der Waals surface area contributed by atoms with Gasteiger partial charge in [0.15, 0.2) is 5.78 Å². The molecule has 0 spiro atoms. The number of benzene rings is 1. The standard InChI is InChI=1S/C29H36O2/c1-19(30)23-13-14-24-21-11-12-25-22(10-9-20-7-5-4-6-8-20)27(31)16-18-29(25,3)26(21)15-17-28(23,24)2/h4-10,21,23-24,26H,11-18H2,1-3H3/b10-9+/t21-,23+,24-,26-,28+,29-/m0/s1. The Balaban J connectivity index is 1.48. The van der Waals surface area contributed by atoms with Crippen molar-refractivity contribution in [3.05, 3.63) is 53.1 Å². The maximum Gasteiger partial charge on any atom is 0.162 e. The van der Waals surface area contributed by atoms with Crippen LogP contribution in [-0.4, -0.2) is 11.6 Å². The first kappa shape index (κ1) is 20.9. The number of rotatable bonds is 3. The topological polar surface area (TPSA) is 34.1 Å². The van der Waals surface area contributed by atoms with Crippen LogP contribution in [0.4, 0.5) is 0 Å². The molecule has 0 aliphatic heterocycles. The van der Waals surface area contributed by atoms with Crippen molar-refractivity contribution >= 4 is 17.6 Å². The highest BCUT2D eigenvalue weighted by Crippen LogP contribution is 2.67. The first-order chi connectivity index (χ1) is 14.8. The number of allylic oxidation sites excluding steroid dienone is 2. The van der Waals surface area contributed by atoms with Gasteiger partial charge >= 0.3 is 0 Å². The van der Waals surface area contributed by atoms with E-state index in [1.807, 2.05) is 25.1 Å². The Kier molecular flexibility index (Phi) is 5.11. The number of fused-ring (bicyclic) bond motifs is 5. The first-order valence-electron chi connectivity index (χ1n) is 12.3. The maximum atomic E-state index is 13.0. The summed E-state index contributed by atoms with van der Waals surface area (Å²) in [5.41, 5.74) is 3.92. The van der Waals surface area contributed by atoms with E-state index < -0.39 is 0 Å². The molecule has 6 atom stereocenters. The van der Waals surface area contributed by atoms with Crippen molar-refractivity contribution in [3.63, 3.8) is 0 Å². The Morgan fingerprint density at radius 2 is 1.71 bits per heavy atom. The number of carbonyl (C=O) groups excluding carboxylic acids is 2. The van der Waals surface area contributed by atoms with Gasteiger partial charge in [0, 0.05) is 17.9 Å². The summed E-state index contributed by atoms with van der Waals surface area (Å²) in [7, 11) is 0. The third-order valence-electron chi connectivity index (χ3n) is 9.90. The molecule has 0 bridgehead atoms. The highest BCUT2D eigenvalue weighted by atomic mass is 16.1. The van der Waals surface area contributed by atoms with Crippen LogP contribution >= 0.6 is 0 Å². The van der Waals surface area contributed by atoms with Gasteiger partial charge in [-0.25, -0.2) is 0 Å². The van der Waals surface area contributed by atoms with Crippen LogP contribution in [0.3, 0.4) is 0 Å². The second kappa shape index (κ2) is 7.57. The van der Waals surface area contributed by atoms with Crippen molar-refractivity contribution in [2.75, 3.05) is 0 Å². The van der Waals surface area contributed by atoms with E-state index in [0.717, 1.165) is 30.4 Å². The van der Waals surface area contributed by atoms with E-state index in [0.29, 0.717) is 35.7 Å². The third-order valence-corrected chi connectivity index (χ3v) is 9.90. The molecule has 0 saturated heterocycles. The zero-order valence-electron chi connectivity index (χ0n) is 19.3. The molecule has 164 valence electrons. The molecule has 3 saturated carbocycles. The van der Waals surface area contributed by atoms with Crippen LogP contribution in [0.15, 0.2) is 47.6 Å². The predicted octanol–water partition coefficient (Wildman–Crippen LogP) is 6.81. The Morgan fingerprint density at radius 3 is 2.45 bits per heavy atom. The van der Waals surface area contributed by atoms with Crippen LogP contribution in [0.5, 0.6) is 0 Å². The fourth-order valence-electron chi connectivity index (χ4n) is 8.36. The molecule has 0 amide bonds. The van der Waals surface area contributed by atoms with E-state index in [2.05, 4.69) is 38.1 Å². The molecule has 5 rings (SSSR count). The minimum Gasteiger partial charge on any atom is -0.300 e. The van der Waals surface area contributed by atoms with Crippen LogP contribution in [0.2, 0.25) is 0 Å². The van der Waals surface area contributed by atoms with Crippen LogP contribution in [0, 0.1) is 34.5 Å². The lowest BCUT2D eigenvalue weighted by Crippen LogP contribution is -2.51. The summed E-state index contributed by atoms with van der Waals surface area (Å²) in [4.78, 5) is 25.4. The Labute approximate surface area is 187 Å². The van der Waals surface area contributed by atoms with Gasteiger partial charge in [0.05, 0.1) is 0 Å². The van der Waals surface area contributed by atoms with Crippen LogP contribution in [0.1, 0.15) is 77.7 Å². The van der Waals surface area contributed by atoms with E-state index >= 15 is 0 Å². The van der Waals surface area contributed by atoms with Gasteiger partial charge in [0.1, 0.15) is 5.78 Å². The average Bonchev–Trinajstić information content (AvgIpc) is 3.12. The second-order valence-corrected chi connectivity index (χ2v) is 11.2. The van der Waals surface area contributed by atoms with Gasteiger partial charge < -0.3 is 0 Å². The number of hydrogen-bond acceptors (Lipinski definition) is 2. The summed E-state index contributed by atoms with van der Waals surface area (Å²) in [5.74, 6) is 3.05. The molecule has 0 unspecified atom stereocenters. The monoisotopic (exact) mass is 416 g/mol. The molecule has 31 heavy (non-hydrogen) atoms. The Hall–Kier alpha value is -1.96. The average molecular weight is 417 g/mol. The first-order valence-corrected chi connectivity index (χ1v) is 12.3. The molecule has 1 aromatic rings. The van der Waals surface area contributed by atoms with Crippen molar-refractivity contribution in [3.8, 4) is 0 Å². The van der Waals surface area contributed by atoms with E-state index in [4.69, 9.17) is 0 Å². The van der Waals surface area contributed by atoms with Gasteiger partial charge in [-0.05, 0) is 86.0 Å². The summed E-state index contributed by atoms with van der Waals surface area (Å²) in [6.45, 7) is 6.69. The maximum absolute atomic E-state index is 13.0. The minimum atomic E-state index is 0.142. The SMILES string of the molecule is CC(=O)[C@H]1CC[C@H]2[C@@H]3CCC4=C(/C=C/c5ccccc5)C(=O)CC[C@]4(C)[C@H]3CC[C@]12C. The molecule has 2 nitrogen and oxygen atoms in total. The normalized spacial score (nSPS) is 39.9. The summed E-state index contributed by atoms with van der Waals surface area (Å²) in [5, 5.41) is 0. The predicted molar refractivity (Wildman–Crippen MR) is 125 cm³/mol. The number of hydrogen-bond donors (Lipinski definition) is 0. The van der Waals surface area contributed by atoms with Gasteiger partial charge in [-0.1, -0.05) is 61.9 Å². The fraction of sp³-hybridized carbons (Fsp3) is 0.586. The smallest absolute Gasteiger partial charge is 0.162 e. The molecular weight excluding hydrogens is 380 g/mol. The largest absolute Gasteiger partial charge is 0.300 e. The molecule has 4 aliphatic rings. The lowest BCUT2D eigenvalue weighted by Gasteiger charge is -2.58. The molecule has 0 radical (unpaired) electrons. The Bertz CT molecular complexity index is 954. The van der Waals surface area contributed by atoms with Crippen molar-refractivity contribution in [1.82, 2.24) is 0 Å². The highest BCUT2D eigenvalue weighted by molar-refractivity contribution is 6.01. The third kappa shape index (κ3) is 3.20. The van der Waals surface area contributed by atoms with Gasteiger partial charge in [-0.2, -0.15) is 0 Å². The number of ketones is 2. The number of Topliss-reactive ketones (excluding diaryl/α,β-unsaturated/α-hetero) is 2. The minimum absolute atomic E-state index is 0.142. The van der Waals surface area contributed by atoms with Crippen LogP contribution in [-0.2, 0) is 9.59 Å². The zero-order chi connectivity index (χ0) is 21.8. The van der Waals surface area contributed by atoms with E-state index in [9.17, 15) is 9.59 Å². The molecule has 1 aromatic carbocycles. The summed E-state index contributed by atoms with van der Waals surface area (Å²) in [6, 6.07) is 10.3. The highest BCUT2D eigenvalue weighted by Gasteiger charge is 2.60. The van der Waals surface area contributed by atoms with E-state index in [-0.39, 0.29) is 16.7 Å². The van der Waals surface area contributed by atoms with E-state index in [1.54, 1.807) is 0 Å². The van der Waals surface area contributed by atoms with E-state index in [1.165, 1.54) is 31.3 Å². The molecule has 0 N–H and O–H groups in total. The van der Waals surface area contributed by atoms with Gasteiger partial charge in [0.2, 0.25) is 0 Å². The fourth-order valence-corrected chi connectivity index (χ4v) is 8.36. The van der Waals surface area contributed by atoms with Crippen molar-refractivity contribution in [2.24, 2.45) is 34.5 Å². The lowest BCUT2D eigenvalue weighted by atomic mass is 9.46. The van der Waals surface area contributed by atoms with Gasteiger partial charge in [-0.3, -0.25) is 9.59 Å². The molecule has 2 heteroatoms. The molecule has 0 aromatic heterocycles. The number of carbonyl (C=O) groups is 2. The molecule has 4 aliphatic carbocycles. The lowest BCUT2D eigenvalue weighted by molar-refractivity contribution is -0.128. The van der Waals surface area contributed by atoms with Crippen molar-refractivity contribution in [1.29, 1.82) is 0 Å². The molecule has 3 fully saturated rings. The second-order valence-electron chi connectivity index (χ2n) is 11.2.